The standard InChI is InChI=1S/C48H75N5O12Si2/c1-32(2)28-36(51-45(58)62-30-34-18-15-14-16-19-34)41(55)50-26-17-25-49-37(43(56)57)31-61-44-40(65-67(12,13)48(6,7)8)39(64-66(10,11)47(3,4)5)42(63-44)52-27-24-38(54)53(46(52)59)29-33-20-22-35(60-9)23-21-33/h14-16,18-24,27,32,36-37,39-40,42,44,49H,17,25-26,28-31H2,1-13H3,(H,50,55)(H,51,58)(H,56,57)/t36-,37-,39+,40+,42+,44+/m0/s1. The molecule has 1 aliphatic heterocycles. The lowest BCUT2D eigenvalue weighted by Gasteiger charge is -2.44. The second kappa shape index (κ2) is 23.6. The Morgan fingerprint density at radius 3 is 2.00 bits per heavy atom. The van der Waals surface area contributed by atoms with Crippen LogP contribution in [0.1, 0.15) is 85.6 Å². The Balaban J connectivity index is 1.53. The van der Waals surface area contributed by atoms with Gasteiger partial charge in [-0.3, -0.25) is 23.5 Å². The van der Waals surface area contributed by atoms with Crippen molar-refractivity contribution in [1.82, 2.24) is 25.1 Å². The Morgan fingerprint density at radius 2 is 1.43 bits per heavy atom. The van der Waals surface area contributed by atoms with Crippen molar-refractivity contribution in [1.29, 1.82) is 0 Å². The summed E-state index contributed by atoms with van der Waals surface area (Å²) in [5.41, 5.74) is 0.395. The van der Waals surface area contributed by atoms with Gasteiger partial charge in [0.05, 0.1) is 20.3 Å². The smallest absolute Gasteiger partial charge is 0.408 e. The molecule has 0 aliphatic carbocycles. The fraction of sp³-hybridized carbons (Fsp3) is 0.604. The molecular formula is C48H75N5O12Si2. The molecule has 1 aromatic heterocycles. The van der Waals surface area contributed by atoms with E-state index in [1.54, 1.807) is 31.4 Å². The predicted octanol–water partition coefficient (Wildman–Crippen LogP) is 6.61. The Kier molecular flexibility index (Phi) is 19.3. The number of carboxylic acid groups (broad SMARTS) is 1. The van der Waals surface area contributed by atoms with Crippen LogP contribution in [-0.4, -0.2) is 106 Å². The van der Waals surface area contributed by atoms with Gasteiger partial charge in [-0.2, -0.15) is 0 Å². The lowest BCUT2D eigenvalue weighted by Crippen LogP contribution is -2.54. The maximum absolute atomic E-state index is 14.4. The molecule has 0 saturated carbocycles. The number of methoxy groups -OCH3 is 1. The third kappa shape index (κ3) is 15.4. The molecule has 17 nitrogen and oxygen atoms in total. The molecule has 1 saturated heterocycles. The fourth-order valence-corrected chi connectivity index (χ4v) is 9.32. The van der Waals surface area contributed by atoms with Gasteiger partial charge >= 0.3 is 17.8 Å². The van der Waals surface area contributed by atoms with Crippen LogP contribution in [0.15, 0.2) is 76.4 Å². The maximum Gasteiger partial charge on any atom is 0.408 e. The summed E-state index contributed by atoms with van der Waals surface area (Å²) < 4.78 is 40.3. The minimum absolute atomic E-state index is 0.0122. The highest BCUT2D eigenvalue weighted by Gasteiger charge is 2.55. The normalized spacial score (nSPS) is 18.9. The Bertz CT molecular complexity index is 2200. The molecule has 0 radical (unpaired) electrons. The number of nitrogens with one attached hydrogen (secondary N) is 3. The van der Waals surface area contributed by atoms with Crippen LogP contribution in [0, 0.1) is 5.92 Å². The Morgan fingerprint density at radius 1 is 0.821 bits per heavy atom. The van der Waals surface area contributed by atoms with E-state index in [0.717, 1.165) is 10.1 Å². The number of carbonyl (C=O) groups is 3. The van der Waals surface area contributed by atoms with Gasteiger partial charge in [0, 0.05) is 18.8 Å². The van der Waals surface area contributed by atoms with Crippen LogP contribution in [0.5, 0.6) is 5.75 Å². The molecule has 1 aliphatic rings. The minimum atomic E-state index is -2.65. The van der Waals surface area contributed by atoms with Crippen LogP contribution in [0.2, 0.25) is 36.3 Å². The van der Waals surface area contributed by atoms with Gasteiger partial charge in [0.15, 0.2) is 29.2 Å². The number of rotatable bonds is 23. The zero-order valence-corrected chi connectivity index (χ0v) is 43.7. The number of ether oxygens (including phenoxy) is 4. The maximum atomic E-state index is 14.4. The number of nitrogens with zero attached hydrogens (tertiary/aromatic N) is 2. The molecule has 372 valence electrons. The number of hydrogen-bond donors (Lipinski definition) is 4. The van der Waals surface area contributed by atoms with Crippen LogP contribution < -0.4 is 31.9 Å². The molecular weight excluding hydrogens is 895 g/mol. The lowest BCUT2D eigenvalue weighted by molar-refractivity contribution is -0.181. The van der Waals surface area contributed by atoms with Crippen molar-refractivity contribution in [2.45, 2.75) is 154 Å². The van der Waals surface area contributed by atoms with Crippen LogP contribution in [0.3, 0.4) is 0 Å². The number of amides is 2. The van der Waals surface area contributed by atoms with Crippen molar-refractivity contribution in [3.63, 3.8) is 0 Å². The summed E-state index contributed by atoms with van der Waals surface area (Å²) in [6.45, 7) is 24.9. The number of carbonyl (C=O) groups excluding carboxylic acids is 2. The number of carboxylic acids is 1. The van der Waals surface area contributed by atoms with Gasteiger partial charge in [0.1, 0.15) is 36.6 Å². The molecule has 6 atom stereocenters. The first-order valence-corrected chi connectivity index (χ1v) is 28.8. The molecule has 0 spiro atoms. The summed E-state index contributed by atoms with van der Waals surface area (Å²) in [6.07, 6.45) is -2.67. The molecule has 4 N–H and O–H groups in total. The van der Waals surface area contributed by atoms with Crippen molar-refractivity contribution < 1.29 is 47.3 Å². The quantitative estimate of drug-likeness (QED) is 0.0584. The highest BCUT2D eigenvalue weighted by molar-refractivity contribution is 6.74. The van der Waals surface area contributed by atoms with Gasteiger partial charge in [-0.25, -0.2) is 9.59 Å². The number of hydrogen-bond acceptors (Lipinski definition) is 12. The third-order valence-electron chi connectivity index (χ3n) is 12.8. The van der Waals surface area contributed by atoms with Crippen molar-refractivity contribution in [2.24, 2.45) is 5.92 Å². The van der Waals surface area contributed by atoms with E-state index in [2.05, 4.69) is 83.7 Å². The third-order valence-corrected chi connectivity index (χ3v) is 21.7. The monoisotopic (exact) mass is 969 g/mol. The number of benzene rings is 2. The largest absolute Gasteiger partial charge is 0.497 e. The summed E-state index contributed by atoms with van der Waals surface area (Å²) in [5, 5.41) is 18.3. The van der Waals surface area contributed by atoms with Gasteiger partial charge in [0.25, 0.3) is 5.56 Å². The second-order valence-corrected chi connectivity index (χ2v) is 30.1. The lowest BCUT2D eigenvalue weighted by atomic mass is 10.0. The minimum Gasteiger partial charge on any atom is -0.497 e. The van der Waals surface area contributed by atoms with E-state index in [9.17, 15) is 29.1 Å². The topological polar surface area (TPSA) is 207 Å². The van der Waals surface area contributed by atoms with Crippen molar-refractivity contribution >= 4 is 34.6 Å². The van der Waals surface area contributed by atoms with E-state index < -0.39 is 76.8 Å². The summed E-state index contributed by atoms with van der Waals surface area (Å²) in [4.78, 5) is 66.2. The molecule has 2 amide bonds. The molecule has 2 aromatic carbocycles. The van der Waals surface area contributed by atoms with Crippen molar-refractivity contribution in [2.75, 3.05) is 26.8 Å². The Labute approximate surface area is 397 Å². The van der Waals surface area contributed by atoms with Crippen LogP contribution in [0.4, 0.5) is 4.79 Å². The average Bonchev–Trinajstić information content (AvgIpc) is 3.55. The van der Waals surface area contributed by atoms with Gasteiger partial charge < -0.3 is 48.9 Å². The van der Waals surface area contributed by atoms with E-state index >= 15 is 0 Å². The SMILES string of the molecule is COc1ccc(Cn2c(=O)ccn([C@@H]3O[C@@H](OC[C@H](NCCCNC(=O)[C@H](CC(C)C)NC(=O)OCc4ccccc4)C(=O)O)[C@H](O[Si](C)(C)C(C)(C)C)[C@H]3O[Si](C)(C)C(C)(C)C)c2=O)cc1. The van der Waals surface area contributed by atoms with Gasteiger partial charge in [-0.05, 0) is 84.8 Å². The van der Waals surface area contributed by atoms with E-state index in [-0.39, 0.29) is 54.7 Å². The molecule has 1 fully saturated rings. The molecule has 0 bridgehead atoms. The fourth-order valence-electron chi connectivity index (χ4n) is 6.75. The van der Waals surface area contributed by atoms with Crippen LogP contribution in [0.25, 0.3) is 0 Å². The van der Waals surface area contributed by atoms with Gasteiger partial charge in [-0.15, -0.1) is 0 Å². The van der Waals surface area contributed by atoms with Crippen molar-refractivity contribution in [3.05, 3.63) is 98.8 Å². The number of alkyl carbamates (subject to hydrolysis) is 1. The van der Waals surface area contributed by atoms with Gasteiger partial charge in [0.2, 0.25) is 5.91 Å². The van der Waals surface area contributed by atoms with Gasteiger partial charge in [-0.1, -0.05) is 97.9 Å². The number of aliphatic carboxylic acids is 1. The summed E-state index contributed by atoms with van der Waals surface area (Å²) in [6, 6.07) is 15.6. The Hall–Kier alpha value is -4.64. The summed E-state index contributed by atoms with van der Waals surface area (Å²) in [5.74, 6) is -0.820. The van der Waals surface area contributed by atoms with Crippen molar-refractivity contribution in [3.8, 4) is 5.75 Å². The zero-order chi connectivity index (χ0) is 49.9. The first-order chi connectivity index (χ1) is 31.2. The van der Waals surface area contributed by atoms with Crippen LogP contribution >= 0.6 is 0 Å². The van der Waals surface area contributed by atoms with Crippen LogP contribution in [-0.2, 0) is 45.8 Å². The second-order valence-electron chi connectivity index (χ2n) is 20.6. The molecule has 4 rings (SSSR count). The molecule has 19 heteroatoms. The average molecular weight is 970 g/mol. The van der Waals surface area contributed by atoms with E-state index in [1.807, 2.05) is 44.2 Å². The summed E-state index contributed by atoms with van der Waals surface area (Å²) >= 11 is 0. The van der Waals surface area contributed by atoms with E-state index in [4.69, 9.17) is 27.8 Å². The molecule has 0 unspecified atom stereocenters. The highest BCUT2D eigenvalue weighted by atomic mass is 28.4. The molecule has 67 heavy (non-hydrogen) atoms. The first-order valence-electron chi connectivity index (χ1n) is 23.0. The highest BCUT2D eigenvalue weighted by Crippen LogP contribution is 2.45. The zero-order valence-electron chi connectivity index (χ0n) is 41.7. The number of aromatic nitrogens is 2. The molecule has 3 aromatic rings. The van der Waals surface area contributed by atoms with E-state index in [0.29, 0.717) is 24.2 Å². The predicted molar refractivity (Wildman–Crippen MR) is 261 cm³/mol. The first kappa shape index (κ1) is 55.0. The summed E-state index contributed by atoms with van der Waals surface area (Å²) in [7, 11) is -3.72. The molecule has 2 heterocycles. The van der Waals surface area contributed by atoms with E-state index in [1.165, 1.54) is 16.8 Å².